The van der Waals surface area contributed by atoms with Gasteiger partial charge in [-0.05, 0) is 29.8 Å². The SMILES string of the molecule is O=C1C(=O)N(CCOCCO)C(c2ccc(O)cc2)/C1=C(\O)c1ccc(Br)cc1. The van der Waals surface area contributed by atoms with E-state index < -0.39 is 17.7 Å². The molecule has 1 unspecified atom stereocenters. The van der Waals surface area contributed by atoms with Gasteiger partial charge >= 0.3 is 0 Å². The average molecular weight is 462 g/mol. The van der Waals surface area contributed by atoms with E-state index in [-0.39, 0.29) is 43.4 Å². The number of likely N-dealkylation sites (tertiary alicyclic amines) is 1. The smallest absolute Gasteiger partial charge is 0.295 e. The first kappa shape index (κ1) is 21.0. The second-order valence-electron chi connectivity index (χ2n) is 6.43. The van der Waals surface area contributed by atoms with Crippen molar-refractivity contribution in [2.24, 2.45) is 0 Å². The van der Waals surface area contributed by atoms with Crippen LogP contribution in [0.15, 0.2) is 58.6 Å². The van der Waals surface area contributed by atoms with E-state index in [2.05, 4.69) is 15.9 Å². The van der Waals surface area contributed by atoms with Gasteiger partial charge < -0.3 is 25.0 Å². The van der Waals surface area contributed by atoms with E-state index in [1.165, 1.54) is 17.0 Å². The summed E-state index contributed by atoms with van der Waals surface area (Å²) in [5.41, 5.74) is 0.958. The maximum atomic E-state index is 12.8. The third-order valence-electron chi connectivity index (χ3n) is 4.58. The summed E-state index contributed by atoms with van der Waals surface area (Å²) in [5.74, 6) is -1.75. The molecule has 152 valence electrons. The standard InChI is InChI=1S/C21H20BrNO6/c22-15-5-1-14(2-6-15)19(26)17-18(13-3-7-16(25)8-4-13)23(21(28)20(17)27)9-11-29-12-10-24/h1-8,18,24-26H,9-12H2/b19-17+. The highest BCUT2D eigenvalue weighted by Gasteiger charge is 2.45. The topological polar surface area (TPSA) is 107 Å². The lowest BCUT2D eigenvalue weighted by molar-refractivity contribution is -0.140. The zero-order chi connectivity index (χ0) is 21.0. The highest BCUT2D eigenvalue weighted by Crippen LogP contribution is 2.39. The second-order valence-corrected chi connectivity index (χ2v) is 7.34. The Bertz CT molecular complexity index is 923. The van der Waals surface area contributed by atoms with Gasteiger partial charge in [0.2, 0.25) is 0 Å². The minimum absolute atomic E-state index is 0.0230. The molecule has 3 N–H and O–H groups in total. The van der Waals surface area contributed by atoms with Crippen molar-refractivity contribution in [1.29, 1.82) is 0 Å². The van der Waals surface area contributed by atoms with Gasteiger partial charge in [-0.15, -0.1) is 0 Å². The van der Waals surface area contributed by atoms with Gasteiger partial charge in [0.15, 0.2) is 0 Å². The van der Waals surface area contributed by atoms with E-state index >= 15 is 0 Å². The van der Waals surface area contributed by atoms with Crippen molar-refractivity contribution < 1.29 is 29.6 Å². The average Bonchev–Trinajstić information content (AvgIpc) is 2.96. The number of aliphatic hydroxyl groups is 2. The number of phenols is 1. The van der Waals surface area contributed by atoms with Crippen molar-refractivity contribution in [2.75, 3.05) is 26.4 Å². The third kappa shape index (κ3) is 4.50. The van der Waals surface area contributed by atoms with Gasteiger partial charge in [0.05, 0.1) is 31.4 Å². The lowest BCUT2D eigenvalue weighted by Crippen LogP contribution is -2.33. The lowest BCUT2D eigenvalue weighted by Gasteiger charge is -2.25. The van der Waals surface area contributed by atoms with E-state index in [0.29, 0.717) is 11.1 Å². The molecule has 0 bridgehead atoms. The molecule has 7 nitrogen and oxygen atoms in total. The summed E-state index contributed by atoms with van der Waals surface area (Å²) < 4.78 is 6.06. The first-order valence-corrected chi connectivity index (χ1v) is 9.75. The van der Waals surface area contributed by atoms with Gasteiger partial charge in [-0.2, -0.15) is 0 Å². The van der Waals surface area contributed by atoms with Crippen LogP contribution in [0.3, 0.4) is 0 Å². The quantitative estimate of drug-likeness (QED) is 0.253. The fraction of sp³-hybridized carbons (Fsp3) is 0.238. The Morgan fingerprint density at radius 2 is 1.69 bits per heavy atom. The molecule has 1 fully saturated rings. The summed E-state index contributed by atoms with van der Waals surface area (Å²) in [6.07, 6.45) is 0. The minimum Gasteiger partial charge on any atom is -0.508 e. The molecule has 1 amide bonds. The number of phenolic OH excluding ortho intramolecular Hbond substituents is 1. The Hall–Kier alpha value is -2.68. The van der Waals surface area contributed by atoms with E-state index in [0.717, 1.165) is 4.47 Å². The van der Waals surface area contributed by atoms with Gasteiger partial charge in [0.1, 0.15) is 11.5 Å². The number of ketones is 1. The zero-order valence-corrected chi connectivity index (χ0v) is 17.0. The van der Waals surface area contributed by atoms with Crippen molar-refractivity contribution >= 4 is 33.4 Å². The molecule has 0 spiro atoms. The predicted molar refractivity (Wildman–Crippen MR) is 109 cm³/mol. The maximum absolute atomic E-state index is 12.8. The molecule has 1 saturated heterocycles. The summed E-state index contributed by atoms with van der Waals surface area (Å²) in [6, 6.07) is 12.0. The van der Waals surface area contributed by atoms with Gasteiger partial charge in [-0.1, -0.05) is 40.2 Å². The van der Waals surface area contributed by atoms with Crippen LogP contribution in [0.1, 0.15) is 17.2 Å². The molecule has 0 aromatic heterocycles. The van der Waals surface area contributed by atoms with E-state index in [9.17, 15) is 19.8 Å². The molecule has 0 saturated carbocycles. The van der Waals surface area contributed by atoms with E-state index in [1.54, 1.807) is 36.4 Å². The van der Waals surface area contributed by atoms with Crippen LogP contribution in [0.5, 0.6) is 5.75 Å². The van der Waals surface area contributed by atoms with Crippen molar-refractivity contribution in [3.05, 3.63) is 69.7 Å². The Kier molecular flexibility index (Phi) is 6.68. The number of nitrogens with zero attached hydrogens (tertiary/aromatic N) is 1. The molecule has 1 aliphatic heterocycles. The number of amides is 1. The first-order valence-electron chi connectivity index (χ1n) is 8.96. The molecule has 29 heavy (non-hydrogen) atoms. The largest absolute Gasteiger partial charge is 0.508 e. The molecule has 3 rings (SSSR count). The van der Waals surface area contributed by atoms with Crippen LogP contribution in [0.2, 0.25) is 0 Å². The Morgan fingerprint density at radius 1 is 1.03 bits per heavy atom. The molecule has 8 heteroatoms. The van der Waals surface area contributed by atoms with Crippen LogP contribution < -0.4 is 0 Å². The molecular formula is C21H20BrNO6. The van der Waals surface area contributed by atoms with Crippen LogP contribution in [-0.2, 0) is 14.3 Å². The number of Topliss-reactive ketones (excluding diaryl/α,β-unsaturated/α-hetero) is 1. The number of aromatic hydroxyl groups is 1. The van der Waals surface area contributed by atoms with Crippen molar-refractivity contribution in [1.82, 2.24) is 4.90 Å². The van der Waals surface area contributed by atoms with Crippen LogP contribution in [0.4, 0.5) is 0 Å². The van der Waals surface area contributed by atoms with Gasteiger partial charge in [-0.25, -0.2) is 0 Å². The molecule has 1 atom stereocenters. The van der Waals surface area contributed by atoms with Crippen molar-refractivity contribution in [3.63, 3.8) is 0 Å². The molecule has 1 heterocycles. The summed E-state index contributed by atoms with van der Waals surface area (Å²) in [6.45, 7) is 0.199. The highest BCUT2D eigenvalue weighted by atomic mass is 79.9. The minimum atomic E-state index is -0.822. The van der Waals surface area contributed by atoms with E-state index in [4.69, 9.17) is 9.84 Å². The number of aliphatic hydroxyl groups excluding tert-OH is 2. The Balaban J connectivity index is 2.05. The molecule has 0 aliphatic carbocycles. The summed E-state index contributed by atoms with van der Waals surface area (Å²) in [4.78, 5) is 26.8. The van der Waals surface area contributed by atoms with Gasteiger partial charge in [0, 0.05) is 16.6 Å². The lowest BCUT2D eigenvalue weighted by atomic mass is 9.95. The Morgan fingerprint density at radius 3 is 2.31 bits per heavy atom. The molecule has 2 aromatic carbocycles. The fourth-order valence-corrected chi connectivity index (χ4v) is 3.47. The summed E-state index contributed by atoms with van der Waals surface area (Å²) in [7, 11) is 0. The molecule has 0 radical (unpaired) electrons. The van der Waals surface area contributed by atoms with Crippen LogP contribution in [-0.4, -0.2) is 58.3 Å². The number of rotatable bonds is 7. The zero-order valence-electron chi connectivity index (χ0n) is 15.4. The molecule has 1 aliphatic rings. The fourth-order valence-electron chi connectivity index (χ4n) is 3.21. The number of ether oxygens (including phenoxy) is 1. The summed E-state index contributed by atoms with van der Waals surface area (Å²) in [5, 5.41) is 29.3. The number of halogens is 1. The van der Waals surface area contributed by atoms with Gasteiger partial charge in [-0.3, -0.25) is 9.59 Å². The molecule has 2 aromatic rings. The van der Waals surface area contributed by atoms with E-state index in [1.807, 2.05) is 0 Å². The number of benzene rings is 2. The maximum Gasteiger partial charge on any atom is 0.295 e. The highest BCUT2D eigenvalue weighted by molar-refractivity contribution is 9.10. The Labute approximate surface area is 176 Å². The first-order chi connectivity index (χ1) is 13.9. The summed E-state index contributed by atoms with van der Waals surface area (Å²) >= 11 is 3.32. The predicted octanol–water partition coefficient (Wildman–Crippen LogP) is 2.59. The normalized spacial score (nSPS) is 18.4. The number of carbonyl (C=O) groups is 2. The van der Waals surface area contributed by atoms with Crippen LogP contribution in [0, 0.1) is 0 Å². The van der Waals surface area contributed by atoms with Crippen LogP contribution >= 0.6 is 15.9 Å². The number of hydrogen-bond donors (Lipinski definition) is 3. The van der Waals surface area contributed by atoms with Crippen molar-refractivity contribution in [3.8, 4) is 5.75 Å². The third-order valence-corrected chi connectivity index (χ3v) is 5.11. The number of carbonyl (C=O) groups excluding carboxylic acids is 2. The van der Waals surface area contributed by atoms with Gasteiger partial charge in [0.25, 0.3) is 11.7 Å². The van der Waals surface area contributed by atoms with Crippen LogP contribution in [0.25, 0.3) is 5.76 Å². The molecular weight excluding hydrogens is 442 g/mol. The number of hydrogen-bond acceptors (Lipinski definition) is 6. The van der Waals surface area contributed by atoms with Crippen molar-refractivity contribution in [2.45, 2.75) is 6.04 Å². The monoisotopic (exact) mass is 461 g/mol. The second kappa shape index (κ2) is 9.21.